The minimum absolute atomic E-state index is 0.00316. The van der Waals surface area contributed by atoms with Crippen LogP contribution < -0.4 is 19.5 Å². The van der Waals surface area contributed by atoms with E-state index in [9.17, 15) is 18.0 Å². The van der Waals surface area contributed by atoms with Crippen LogP contribution in [-0.4, -0.2) is 27.4 Å². The molecule has 1 aliphatic rings. The van der Waals surface area contributed by atoms with Gasteiger partial charge in [0.2, 0.25) is 0 Å². The molecule has 1 fully saturated rings. The Morgan fingerprint density at radius 2 is 1.93 bits per heavy atom. The number of hydrogen-bond acceptors (Lipinski definition) is 6. The summed E-state index contributed by atoms with van der Waals surface area (Å²) in [4.78, 5) is 33.5. The predicted molar refractivity (Wildman–Crippen MR) is 97.8 cm³/mol. The summed E-state index contributed by atoms with van der Waals surface area (Å²) < 4.78 is 34.9. The molecular formula is C17H17F2N4O4P. The van der Waals surface area contributed by atoms with Crippen molar-refractivity contribution >= 4 is 26.4 Å². The van der Waals surface area contributed by atoms with Crippen molar-refractivity contribution in [2.45, 2.75) is 32.7 Å². The number of amides is 3. The molecule has 1 aliphatic heterocycles. The first-order valence-corrected chi connectivity index (χ1v) is 9.34. The van der Waals surface area contributed by atoms with Crippen molar-refractivity contribution < 1.29 is 27.2 Å². The molecule has 0 bridgehead atoms. The smallest absolute Gasteiger partial charge is 0.424 e. The Kier molecular flexibility index (Phi) is 5.42. The molecule has 1 aromatic heterocycles. The van der Waals surface area contributed by atoms with Crippen LogP contribution in [0.2, 0.25) is 0 Å². The van der Waals surface area contributed by atoms with Crippen molar-refractivity contribution in [2.24, 2.45) is 0 Å². The lowest BCUT2D eigenvalue weighted by molar-refractivity contribution is -0.121. The van der Waals surface area contributed by atoms with Crippen molar-refractivity contribution in [1.82, 2.24) is 15.3 Å². The maximum atomic E-state index is 12.5. The predicted octanol–water partition coefficient (Wildman–Crippen LogP) is 4.35. The van der Waals surface area contributed by atoms with Crippen molar-refractivity contribution in [3.8, 4) is 17.5 Å². The fraction of sp³-hybridized carbons (Fsp3) is 0.294. The lowest BCUT2D eigenvalue weighted by Gasteiger charge is -2.19. The quantitative estimate of drug-likeness (QED) is 0.562. The molecule has 0 aliphatic carbocycles. The number of carbonyl (C=O) groups is 2. The van der Waals surface area contributed by atoms with Gasteiger partial charge in [-0.3, -0.25) is 4.79 Å². The molecule has 3 amide bonds. The van der Waals surface area contributed by atoms with Gasteiger partial charge in [-0.25, -0.2) is 19.7 Å². The second kappa shape index (κ2) is 7.63. The topological polar surface area (TPSA) is 93.7 Å². The molecule has 2 aromatic rings. The maximum absolute atomic E-state index is 12.5. The third kappa shape index (κ3) is 3.87. The molecule has 0 spiro atoms. The van der Waals surface area contributed by atoms with Crippen LogP contribution in [0.4, 0.5) is 18.9 Å². The van der Waals surface area contributed by atoms with Crippen molar-refractivity contribution in [3.05, 3.63) is 36.2 Å². The maximum Gasteiger partial charge on any atom is 0.481 e. The van der Waals surface area contributed by atoms with Crippen LogP contribution >= 0.6 is 8.77 Å². The summed E-state index contributed by atoms with van der Waals surface area (Å²) in [6, 6.07) is 3.80. The molecule has 0 saturated carbocycles. The number of nitrogens with one attached hydrogen (secondary N) is 1. The highest BCUT2D eigenvalue weighted by molar-refractivity contribution is 7.41. The number of aromatic nitrogens is 2. The summed E-state index contributed by atoms with van der Waals surface area (Å²) in [7, 11) is -3.55. The van der Waals surface area contributed by atoms with Crippen LogP contribution in [0.25, 0.3) is 0 Å². The van der Waals surface area contributed by atoms with Crippen molar-refractivity contribution in [1.29, 1.82) is 0 Å². The number of urea groups is 1. The van der Waals surface area contributed by atoms with E-state index in [1.807, 2.05) is 0 Å². The molecule has 8 nitrogen and oxygen atoms in total. The van der Waals surface area contributed by atoms with Gasteiger partial charge in [0.1, 0.15) is 17.0 Å². The molecule has 1 atom stereocenters. The van der Waals surface area contributed by atoms with Gasteiger partial charge in [0, 0.05) is 6.07 Å². The van der Waals surface area contributed by atoms with Gasteiger partial charge < -0.3 is 14.6 Å². The zero-order chi connectivity index (χ0) is 20.5. The van der Waals surface area contributed by atoms with Gasteiger partial charge in [-0.05, 0) is 31.9 Å². The van der Waals surface area contributed by atoms with E-state index in [1.54, 1.807) is 32.9 Å². The Balaban J connectivity index is 1.77. The van der Waals surface area contributed by atoms with Gasteiger partial charge in [0.15, 0.2) is 0 Å². The molecular weight excluding hydrogens is 393 g/mol. The first-order chi connectivity index (χ1) is 13.2. The average Bonchev–Trinajstić information content (AvgIpc) is 2.88. The Hall–Kier alpha value is -2.87. The highest BCUT2D eigenvalue weighted by Crippen LogP contribution is 2.43. The van der Waals surface area contributed by atoms with Gasteiger partial charge >= 0.3 is 20.8 Å². The standard InChI is InChI=1S/C17H17F2N4O4P/c1-4-17(3)14(24)23(16(25)22-17)11-8-20-15(21-9-11)26-12-6-5-10(2)13(7-12)27-28(18)19/h5-9H,4H2,1-3H3,(H,22,25)/t17-/m1/s1. The Morgan fingerprint density at radius 3 is 2.50 bits per heavy atom. The van der Waals surface area contributed by atoms with E-state index >= 15 is 0 Å². The lowest BCUT2D eigenvalue weighted by atomic mass is 9.99. The molecule has 0 radical (unpaired) electrons. The fourth-order valence-electron chi connectivity index (χ4n) is 2.56. The molecule has 148 valence electrons. The Labute approximate surface area is 160 Å². The minimum Gasteiger partial charge on any atom is -0.424 e. The molecule has 1 aromatic carbocycles. The highest BCUT2D eigenvalue weighted by Gasteiger charge is 2.47. The molecule has 11 heteroatoms. The summed E-state index contributed by atoms with van der Waals surface area (Å²) in [6.45, 7) is 5.07. The number of anilines is 1. The number of hydrogen-bond donors (Lipinski definition) is 1. The van der Waals surface area contributed by atoms with Gasteiger partial charge in [-0.2, -0.15) is 0 Å². The highest BCUT2D eigenvalue weighted by atomic mass is 31.2. The zero-order valence-electron chi connectivity index (χ0n) is 15.3. The van der Waals surface area contributed by atoms with E-state index in [-0.39, 0.29) is 23.2 Å². The van der Waals surface area contributed by atoms with Crippen molar-refractivity contribution in [2.75, 3.05) is 4.90 Å². The monoisotopic (exact) mass is 410 g/mol. The normalized spacial score (nSPS) is 19.1. The summed E-state index contributed by atoms with van der Waals surface area (Å²) in [6.07, 6.45) is 2.98. The zero-order valence-corrected chi connectivity index (χ0v) is 16.2. The fourth-order valence-corrected chi connectivity index (χ4v) is 2.90. The molecule has 28 heavy (non-hydrogen) atoms. The molecule has 0 unspecified atom stereocenters. The molecule has 2 heterocycles. The number of benzene rings is 1. The van der Waals surface area contributed by atoms with Crippen LogP contribution in [0.1, 0.15) is 25.8 Å². The average molecular weight is 410 g/mol. The molecule has 1 N–H and O–H groups in total. The molecule has 3 rings (SSSR count). The number of carbonyl (C=O) groups excluding carboxylic acids is 2. The number of rotatable bonds is 6. The van der Waals surface area contributed by atoms with E-state index in [0.29, 0.717) is 12.0 Å². The first-order valence-electron chi connectivity index (χ1n) is 8.30. The Bertz CT molecular complexity index is 913. The second-order valence-electron chi connectivity index (χ2n) is 6.30. The summed E-state index contributed by atoms with van der Waals surface area (Å²) in [5.74, 6) is -0.186. The van der Waals surface area contributed by atoms with Crippen LogP contribution in [-0.2, 0) is 4.79 Å². The van der Waals surface area contributed by atoms with Gasteiger partial charge in [0.25, 0.3) is 5.91 Å². The number of imide groups is 1. The van der Waals surface area contributed by atoms with Gasteiger partial charge in [-0.1, -0.05) is 13.0 Å². The number of ether oxygens (including phenoxy) is 1. The summed E-state index contributed by atoms with van der Waals surface area (Å²) in [5.41, 5.74) is -0.249. The largest absolute Gasteiger partial charge is 0.481 e. The van der Waals surface area contributed by atoms with Crippen LogP contribution in [0.3, 0.4) is 0 Å². The summed E-state index contributed by atoms with van der Waals surface area (Å²) in [5, 5.41) is 2.64. The lowest BCUT2D eigenvalue weighted by Crippen LogP contribution is -2.43. The van der Waals surface area contributed by atoms with E-state index < -0.39 is 26.2 Å². The third-order valence-electron chi connectivity index (χ3n) is 4.38. The second-order valence-corrected chi connectivity index (χ2v) is 6.89. The third-order valence-corrected chi connectivity index (χ3v) is 4.71. The number of nitrogens with zero attached hydrogens (tertiary/aromatic N) is 3. The number of aryl methyl sites for hydroxylation is 1. The van der Waals surface area contributed by atoms with E-state index in [1.165, 1.54) is 18.5 Å². The van der Waals surface area contributed by atoms with Gasteiger partial charge in [-0.15, -0.1) is 8.39 Å². The van der Waals surface area contributed by atoms with E-state index in [4.69, 9.17) is 4.74 Å². The van der Waals surface area contributed by atoms with Crippen LogP contribution in [0, 0.1) is 6.92 Å². The Morgan fingerprint density at radius 1 is 1.25 bits per heavy atom. The van der Waals surface area contributed by atoms with Crippen LogP contribution in [0.15, 0.2) is 30.6 Å². The van der Waals surface area contributed by atoms with Gasteiger partial charge in [0.05, 0.1) is 18.1 Å². The SMILES string of the molecule is CC[C@@]1(C)NC(=O)N(c2cnc(Oc3ccc(C)c(OP(F)F)c3)nc2)C1=O. The van der Waals surface area contributed by atoms with E-state index in [2.05, 4.69) is 19.8 Å². The first kappa shape index (κ1) is 19.9. The van der Waals surface area contributed by atoms with Crippen molar-refractivity contribution in [3.63, 3.8) is 0 Å². The molecule has 1 saturated heterocycles. The van der Waals surface area contributed by atoms with E-state index in [0.717, 1.165) is 4.90 Å². The number of halogens is 2. The minimum atomic E-state index is -3.55. The summed E-state index contributed by atoms with van der Waals surface area (Å²) >= 11 is 0. The van der Waals surface area contributed by atoms with Crippen LogP contribution in [0.5, 0.6) is 17.5 Å².